The molecule has 3 aromatic rings. The summed E-state index contributed by atoms with van der Waals surface area (Å²) in [6, 6.07) is 29.9. The summed E-state index contributed by atoms with van der Waals surface area (Å²) in [7, 11) is 0. The number of benzene rings is 3. The lowest BCUT2D eigenvalue weighted by atomic mass is 9.99. The number of rotatable bonds is 9. The molecule has 144 valence electrons. The molecule has 0 heterocycles. The van der Waals surface area contributed by atoms with Crippen molar-refractivity contribution >= 4 is 29.0 Å². The van der Waals surface area contributed by atoms with Crippen LogP contribution in [0, 0.1) is 0 Å². The molecule has 0 aliphatic rings. The maximum Gasteiger partial charge on any atom is 0.183 e. The van der Waals surface area contributed by atoms with Crippen molar-refractivity contribution in [3.8, 4) is 0 Å². The molecule has 3 aromatic carbocycles. The van der Waals surface area contributed by atoms with Gasteiger partial charge in [-0.15, -0.1) is 0 Å². The highest BCUT2D eigenvalue weighted by Crippen LogP contribution is 2.21. The van der Waals surface area contributed by atoms with Crippen molar-refractivity contribution in [1.82, 2.24) is 4.90 Å². The predicted molar refractivity (Wildman–Crippen MR) is 117 cm³/mol. The maximum atomic E-state index is 13.0. The van der Waals surface area contributed by atoms with Crippen molar-refractivity contribution in [2.75, 3.05) is 0 Å². The van der Waals surface area contributed by atoms with Crippen LogP contribution in [0.15, 0.2) is 91.0 Å². The quantitative estimate of drug-likeness (QED) is 0.422. The van der Waals surface area contributed by atoms with Gasteiger partial charge in [0.2, 0.25) is 0 Å². The Balaban J connectivity index is 1.92. The lowest BCUT2D eigenvalue weighted by molar-refractivity contribution is -0.123. The minimum Gasteiger partial charge on any atom is -0.295 e. The molecule has 28 heavy (non-hydrogen) atoms. The molecule has 0 bridgehead atoms. The van der Waals surface area contributed by atoms with Crippen LogP contribution in [0.3, 0.4) is 0 Å². The van der Waals surface area contributed by atoms with E-state index < -0.39 is 10.9 Å². The Labute approximate surface area is 176 Å². The van der Waals surface area contributed by atoms with Crippen LogP contribution >= 0.6 is 23.2 Å². The molecule has 0 saturated heterocycles. The highest BCUT2D eigenvalue weighted by molar-refractivity contribution is 6.54. The molecule has 0 spiro atoms. The molecule has 1 atom stereocenters. The minimum absolute atomic E-state index is 0.168. The fraction of sp³-hybridized carbons (Fsp3) is 0.208. The van der Waals surface area contributed by atoms with Crippen molar-refractivity contribution in [2.45, 2.75) is 30.4 Å². The second kappa shape index (κ2) is 10.4. The van der Waals surface area contributed by atoms with Gasteiger partial charge in [-0.25, -0.2) is 0 Å². The summed E-state index contributed by atoms with van der Waals surface area (Å²) in [6.45, 7) is 1.28. The molecule has 0 radical (unpaired) electrons. The van der Waals surface area contributed by atoms with Crippen LogP contribution < -0.4 is 0 Å². The summed E-state index contributed by atoms with van der Waals surface area (Å²) in [6.07, 6.45) is 0.565. The summed E-state index contributed by atoms with van der Waals surface area (Å²) in [5.41, 5.74) is 3.37. The first kappa shape index (κ1) is 20.6. The number of halogens is 2. The third kappa shape index (κ3) is 5.93. The molecule has 0 unspecified atom stereocenters. The van der Waals surface area contributed by atoms with Crippen LogP contribution in [0.2, 0.25) is 0 Å². The number of alkyl halides is 2. The van der Waals surface area contributed by atoms with Crippen LogP contribution in [0.1, 0.15) is 16.7 Å². The number of carbonyl (C=O) groups excluding carboxylic acids is 1. The van der Waals surface area contributed by atoms with E-state index in [-0.39, 0.29) is 5.78 Å². The summed E-state index contributed by atoms with van der Waals surface area (Å²) < 4.78 is 0. The Morgan fingerprint density at radius 3 is 1.46 bits per heavy atom. The Kier molecular flexibility index (Phi) is 7.67. The number of carbonyl (C=O) groups is 1. The van der Waals surface area contributed by atoms with E-state index in [1.54, 1.807) is 0 Å². The number of nitrogens with zero attached hydrogens (tertiary/aromatic N) is 1. The van der Waals surface area contributed by atoms with Gasteiger partial charge >= 0.3 is 0 Å². The maximum absolute atomic E-state index is 13.0. The summed E-state index contributed by atoms with van der Waals surface area (Å²) in [5, 5.41) is 0. The van der Waals surface area contributed by atoms with Gasteiger partial charge in [-0.3, -0.25) is 9.69 Å². The lowest BCUT2D eigenvalue weighted by Crippen LogP contribution is -2.44. The molecule has 0 amide bonds. The molecule has 4 heteroatoms. The van der Waals surface area contributed by atoms with E-state index in [0.29, 0.717) is 19.5 Å². The highest BCUT2D eigenvalue weighted by Gasteiger charge is 2.30. The molecule has 2 nitrogen and oxygen atoms in total. The van der Waals surface area contributed by atoms with Gasteiger partial charge in [-0.2, -0.15) is 0 Å². The van der Waals surface area contributed by atoms with Crippen molar-refractivity contribution in [2.24, 2.45) is 0 Å². The highest BCUT2D eigenvalue weighted by atomic mass is 35.5. The first-order valence-corrected chi connectivity index (χ1v) is 10.2. The second-order valence-corrected chi connectivity index (χ2v) is 7.88. The van der Waals surface area contributed by atoms with Crippen molar-refractivity contribution in [3.05, 3.63) is 108 Å². The zero-order valence-corrected chi connectivity index (χ0v) is 17.1. The standard InChI is InChI=1S/C24H23Cl2NO/c25-24(26)23(28)22(16-19-10-4-1-5-11-19)27(17-20-12-6-2-7-13-20)18-21-14-8-3-9-15-21/h1-15,22,24H,16-18H2/t22-/m0/s1. The average Bonchev–Trinajstić information content (AvgIpc) is 2.73. The van der Waals surface area contributed by atoms with E-state index in [9.17, 15) is 4.79 Å². The van der Waals surface area contributed by atoms with Crippen molar-refractivity contribution in [3.63, 3.8) is 0 Å². The van der Waals surface area contributed by atoms with E-state index in [4.69, 9.17) is 23.2 Å². The molecule has 3 rings (SSSR count). The average molecular weight is 412 g/mol. The topological polar surface area (TPSA) is 20.3 Å². The number of hydrogen-bond donors (Lipinski definition) is 0. The first-order chi connectivity index (χ1) is 13.6. The van der Waals surface area contributed by atoms with Gasteiger partial charge in [0.1, 0.15) is 0 Å². The van der Waals surface area contributed by atoms with E-state index in [2.05, 4.69) is 29.2 Å². The van der Waals surface area contributed by atoms with Crippen molar-refractivity contribution in [1.29, 1.82) is 0 Å². The van der Waals surface area contributed by atoms with Crippen LogP contribution in [-0.4, -0.2) is 21.6 Å². The summed E-state index contributed by atoms with van der Waals surface area (Å²) in [5.74, 6) is -0.168. The third-order valence-electron chi connectivity index (χ3n) is 4.71. The number of Topliss-reactive ketones (excluding diaryl/α,β-unsaturated/α-hetero) is 1. The Morgan fingerprint density at radius 1 is 0.679 bits per heavy atom. The molecular weight excluding hydrogens is 389 g/mol. The third-order valence-corrected chi connectivity index (χ3v) is 5.14. The monoisotopic (exact) mass is 411 g/mol. The Morgan fingerprint density at radius 2 is 1.07 bits per heavy atom. The molecular formula is C24H23Cl2NO. The van der Waals surface area contributed by atoms with Crippen molar-refractivity contribution < 1.29 is 4.79 Å². The Bertz CT molecular complexity index is 812. The van der Waals surface area contributed by atoms with Gasteiger partial charge in [-0.05, 0) is 23.1 Å². The zero-order chi connectivity index (χ0) is 19.8. The second-order valence-electron chi connectivity index (χ2n) is 6.78. The molecule has 0 saturated carbocycles. The number of hydrogen-bond acceptors (Lipinski definition) is 2. The van der Waals surface area contributed by atoms with Crippen LogP contribution in [0.4, 0.5) is 0 Å². The van der Waals surface area contributed by atoms with E-state index in [1.165, 1.54) is 0 Å². The van der Waals surface area contributed by atoms with Crippen LogP contribution in [0.25, 0.3) is 0 Å². The fourth-order valence-corrected chi connectivity index (χ4v) is 3.60. The van der Waals surface area contributed by atoms with Gasteiger partial charge < -0.3 is 0 Å². The fourth-order valence-electron chi connectivity index (χ4n) is 3.30. The molecule has 0 fully saturated rings. The van der Waals surface area contributed by atoms with E-state index in [1.807, 2.05) is 66.7 Å². The molecule has 0 aliphatic heterocycles. The van der Waals surface area contributed by atoms with Gasteiger partial charge in [0.15, 0.2) is 10.6 Å². The van der Waals surface area contributed by atoms with Gasteiger partial charge in [0.25, 0.3) is 0 Å². The largest absolute Gasteiger partial charge is 0.295 e. The lowest BCUT2D eigenvalue weighted by Gasteiger charge is -2.31. The van der Waals surface area contributed by atoms with E-state index in [0.717, 1.165) is 16.7 Å². The smallest absolute Gasteiger partial charge is 0.183 e. The van der Waals surface area contributed by atoms with E-state index >= 15 is 0 Å². The van der Waals surface area contributed by atoms with Gasteiger partial charge in [-0.1, -0.05) is 114 Å². The minimum atomic E-state index is -1.05. The summed E-state index contributed by atoms with van der Waals surface area (Å²) in [4.78, 5) is 14.1. The molecule has 0 aliphatic carbocycles. The SMILES string of the molecule is O=C(C(Cl)Cl)[C@H](Cc1ccccc1)N(Cc1ccccc1)Cc1ccccc1. The zero-order valence-electron chi connectivity index (χ0n) is 15.5. The van der Waals surface area contributed by atoms with Crippen LogP contribution in [-0.2, 0) is 24.3 Å². The predicted octanol–water partition coefficient (Wildman–Crippen LogP) is 5.67. The normalized spacial score (nSPS) is 12.3. The number of ketones is 1. The van der Waals surface area contributed by atoms with Gasteiger partial charge in [0, 0.05) is 13.1 Å². The van der Waals surface area contributed by atoms with Crippen LogP contribution in [0.5, 0.6) is 0 Å². The molecule has 0 aromatic heterocycles. The Hall–Kier alpha value is -2.13. The first-order valence-electron chi connectivity index (χ1n) is 9.31. The van der Waals surface area contributed by atoms with Gasteiger partial charge in [0.05, 0.1) is 6.04 Å². The molecule has 0 N–H and O–H groups in total. The summed E-state index contributed by atoms with van der Waals surface area (Å²) >= 11 is 12.1.